The normalized spacial score (nSPS) is 11.9. The molecule has 6 heteroatoms. The van der Waals surface area contributed by atoms with Crippen molar-refractivity contribution < 1.29 is 9.59 Å². The highest BCUT2D eigenvalue weighted by molar-refractivity contribution is 6.35. The third-order valence-corrected chi connectivity index (χ3v) is 1.24. The lowest BCUT2D eigenvalue weighted by Crippen LogP contribution is -2.35. The first-order valence-electron chi connectivity index (χ1n) is 4.61. The van der Waals surface area contributed by atoms with Crippen LogP contribution in [-0.4, -0.2) is 24.2 Å². The van der Waals surface area contributed by atoms with Crippen molar-refractivity contribution in [2.45, 2.75) is 13.8 Å². The number of rotatable bonds is 4. The first kappa shape index (κ1) is 13.8. The molecule has 6 nitrogen and oxygen atoms in total. The number of carbonyl (C=O) groups is 2. The van der Waals surface area contributed by atoms with Crippen LogP contribution < -0.4 is 10.9 Å². The number of carbonyl (C=O) groups excluding carboxylic acids is 2. The Morgan fingerprint density at radius 3 is 1.56 bits per heavy atom. The van der Waals surface area contributed by atoms with Crippen LogP contribution in [0.25, 0.3) is 0 Å². The van der Waals surface area contributed by atoms with Gasteiger partial charge >= 0.3 is 11.8 Å². The van der Waals surface area contributed by atoms with E-state index in [0.717, 1.165) is 0 Å². The Balaban J connectivity index is 3.95. The molecule has 0 heterocycles. The summed E-state index contributed by atoms with van der Waals surface area (Å²) in [5, 5.41) is 6.98. The summed E-state index contributed by atoms with van der Waals surface area (Å²) in [7, 11) is 0. The van der Waals surface area contributed by atoms with Crippen molar-refractivity contribution in [1.82, 2.24) is 10.9 Å². The molecular weight excluding hydrogens is 208 g/mol. The summed E-state index contributed by atoms with van der Waals surface area (Å²) in [6.07, 6.45) is 9.40. The molecule has 86 valence electrons. The lowest BCUT2D eigenvalue weighted by molar-refractivity contribution is -0.139. The number of hydrogen-bond donors (Lipinski definition) is 2. The van der Waals surface area contributed by atoms with Crippen molar-refractivity contribution in [3.63, 3.8) is 0 Å². The molecule has 0 rings (SSSR count). The Morgan fingerprint density at radius 1 is 0.875 bits per heavy atom. The van der Waals surface area contributed by atoms with E-state index >= 15 is 0 Å². The summed E-state index contributed by atoms with van der Waals surface area (Å²) < 4.78 is 0. The second kappa shape index (κ2) is 9.32. The Morgan fingerprint density at radius 2 is 1.25 bits per heavy atom. The molecule has 0 aliphatic rings. The van der Waals surface area contributed by atoms with Gasteiger partial charge in [0, 0.05) is 12.4 Å². The summed E-state index contributed by atoms with van der Waals surface area (Å²) in [5.41, 5.74) is 4.07. The number of nitrogens with one attached hydrogen (secondary N) is 2. The molecule has 0 saturated carbocycles. The quantitative estimate of drug-likeness (QED) is 0.408. The molecular formula is C10H14N4O2. The van der Waals surface area contributed by atoms with E-state index in [-0.39, 0.29) is 0 Å². The Kier molecular flexibility index (Phi) is 8.02. The van der Waals surface area contributed by atoms with Gasteiger partial charge in [-0.15, -0.1) is 0 Å². The van der Waals surface area contributed by atoms with Crippen LogP contribution in [0.1, 0.15) is 13.8 Å². The van der Waals surface area contributed by atoms with Crippen molar-refractivity contribution in [2.75, 3.05) is 0 Å². The highest BCUT2D eigenvalue weighted by atomic mass is 16.2. The molecule has 16 heavy (non-hydrogen) atoms. The fraction of sp³-hybridized carbons (Fsp3) is 0.200. The number of hydrazone groups is 2. The van der Waals surface area contributed by atoms with Crippen LogP contribution >= 0.6 is 0 Å². The first-order valence-corrected chi connectivity index (χ1v) is 4.61. The van der Waals surface area contributed by atoms with E-state index in [4.69, 9.17) is 0 Å². The van der Waals surface area contributed by atoms with Gasteiger partial charge in [-0.05, 0) is 26.0 Å². The molecule has 0 spiro atoms. The Hall–Kier alpha value is -2.24. The van der Waals surface area contributed by atoms with E-state index in [1.807, 2.05) is 10.9 Å². The molecule has 0 atom stereocenters. The third kappa shape index (κ3) is 7.19. The van der Waals surface area contributed by atoms with Crippen molar-refractivity contribution in [3.05, 3.63) is 24.3 Å². The van der Waals surface area contributed by atoms with Gasteiger partial charge in [-0.3, -0.25) is 9.59 Å². The average Bonchev–Trinajstić information content (AvgIpc) is 2.29. The Labute approximate surface area is 93.8 Å². The Bertz CT molecular complexity index is 309. The average molecular weight is 222 g/mol. The summed E-state index contributed by atoms with van der Waals surface area (Å²) in [4.78, 5) is 22.0. The van der Waals surface area contributed by atoms with Crippen LogP contribution in [0.3, 0.4) is 0 Å². The monoisotopic (exact) mass is 222 g/mol. The van der Waals surface area contributed by atoms with Crippen LogP contribution in [-0.2, 0) is 9.59 Å². The summed E-state index contributed by atoms with van der Waals surface area (Å²) in [6.45, 7) is 3.60. The van der Waals surface area contributed by atoms with Gasteiger partial charge in [-0.25, -0.2) is 10.9 Å². The molecule has 0 saturated heterocycles. The van der Waals surface area contributed by atoms with Gasteiger partial charge < -0.3 is 0 Å². The maximum absolute atomic E-state index is 11.0. The molecule has 0 aromatic rings. The molecule has 0 aromatic heterocycles. The van der Waals surface area contributed by atoms with Gasteiger partial charge in [0.2, 0.25) is 0 Å². The lowest BCUT2D eigenvalue weighted by Gasteiger charge is -1.96. The van der Waals surface area contributed by atoms with E-state index in [2.05, 4.69) is 10.2 Å². The smallest absolute Gasteiger partial charge is 0.262 e. The number of allylic oxidation sites excluding steroid dienone is 4. The van der Waals surface area contributed by atoms with E-state index in [1.54, 1.807) is 38.2 Å². The first-order chi connectivity index (χ1) is 7.72. The van der Waals surface area contributed by atoms with Crippen LogP contribution in [0.5, 0.6) is 0 Å². The highest BCUT2D eigenvalue weighted by Gasteiger charge is 2.10. The zero-order chi connectivity index (χ0) is 12.2. The van der Waals surface area contributed by atoms with Crippen LogP contribution in [0, 0.1) is 0 Å². The summed E-state index contributed by atoms with van der Waals surface area (Å²) >= 11 is 0. The van der Waals surface area contributed by atoms with Crippen molar-refractivity contribution >= 4 is 24.2 Å². The van der Waals surface area contributed by atoms with E-state index in [0.29, 0.717) is 0 Å². The third-order valence-electron chi connectivity index (χ3n) is 1.24. The molecule has 0 bridgehead atoms. The minimum absolute atomic E-state index is 0.876. The van der Waals surface area contributed by atoms with Crippen LogP contribution in [0.15, 0.2) is 34.5 Å². The van der Waals surface area contributed by atoms with Crippen molar-refractivity contribution in [3.8, 4) is 0 Å². The number of hydrogen-bond acceptors (Lipinski definition) is 4. The van der Waals surface area contributed by atoms with Gasteiger partial charge in [0.1, 0.15) is 0 Å². The van der Waals surface area contributed by atoms with Crippen molar-refractivity contribution in [2.24, 2.45) is 10.2 Å². The topological polar surface area (TPSA) is 82.9 Å². The molecule has 0 aromatic carbocycles. The fourth-order valence-electron chi connectivity index (χ4n) is 0.552. The molecule has 2 N–H and O–H groups in total. The second-order valence-corrected chi connectivity index (χ2v) is 2.49. The SMILES string of the molecule is CC=CC=NNC(=O)C(=O)NN=CC=CC. The van der Waals surface area contributed by atoms with E-state index < -0.39 is 11.8 Å². The number of amides is 2. The molecule has 0 unspecified atom stereocenters. The number of nitrogens with zero attached hydrogens (tertiary/aromatic N) is 2. The van der Waals surface area contributed by atoms with Gasteiger partial charge in [0.25, 0.3) is 0 Å². The largest absolute Gasteiger partial charge is 0.331 e. The van der Waals surface area contributed by atoms with Gasteiger partial charge in [-0.2, -0.15) is 10.2 Å². The van der Waals surface area contributed by atoms with Gasteiger partial charge in [0.05, 0.1) is 0 Å². The fourth-order valence-corrected chi connectivity index (χ4v) is 0.552. The van der Waals surface area contributed by atoms with E-state index in [1.165, 1.54) is 12.4 Å². The maximum Gasteiger partial charge on any atom is 0.331 e. The molecule has 0 radical (unpaired) electrons. The molecule has 2 amide bonds. The zero-order valence-corrected chi connectivity index (χ0v) is 9.18. The maximum atomic E-state index is 11.0. The van der Waals surface area contributed by atoms with Crippen molar-refractivity contribution in [1.29, 1.82) is 0 Å². The van der Waals surface area contributed by atoms with Crippen LogP contribution in [0.2, 0.25) is 0 Å². The molecule has 0 aliphatic carbocycles. The predicted molar refractivity (Wildman–Crippen MR) is 62.9 cm³/mol. The minimum Gasteiger partial charge on any atom is -0.262 e. The lowest BCUT2D eigenvalue weighted by atomic mass is 10.6. The highest BCUT2D eigenvalue weighted by Crippen LogP contribution is 1.71. The molecule has 0 aliphatic heterocycles. The molecule has 0 fully saturated rings. The minimum atomic E-state index is -0.876. The van der Waals surface area contributed by atoms with E-state index in [9.17, 15) is 9.59 Å². The standard InChI is InChI=1S/C10H14N4O2/c1-3-5-7-11-13-9(15)10(16)14-12-8-6-4-2/h3-8H,1-2H3,(H,13,15)(H,14,16). The summed E-state index contributed by atoms with van der Waals surface area (Å²) in [5.74, 6) is -1.75. The van der Waals surface area contributed by atoms with Crippen LogP contribution in [0.4, 0.5) is 0 Å². The van der Waals surface area contributed by atoms with Gasteiger partial charge in [0.15, 0.2) is 0 Å². The summed E-state index contributed by atoms with van der Waals surface area (Å²) in [6, 6.07) is 0. The second-order valence-electron chi connectivity index (χ2n) is 2.49. The zero-order valence-electron chi connectivity index (χ0n) is 9.18. The predicted octanol–water partition coefficient (Wildman–Crippen LogP) is 0.343. The van der Waals surface area contributed by atoms with Gasteiger partial charge in [-0.1, -0.05) is 12.2 Å².